The third-order valence-corrected chi connectivity index (χ3v) is 3.40. The molecule has 5 N–H and O–H groups in total. The average Bonchev–Trinajstić information content (AvgIpc) is 2.86. The number of aliphatic carboxylic acids is 2. The molecule has 1 heterocycles. The SMILES string of the molecule is NCC1CN(Cc2ccccc2)CC1O.O=C(O)C=CC(=O)O. The molecule has 2 rings (SSSR count). The van der Waals surface area contributed by atoms with Crippen LogP contribution >= 0.6 is 0 Å². The van der Waals surface area contributed by atoms with E-state index in [1.54, 1.807) is 0 Å². The predicted molar refractivity (Wildman–Crippen MR) is 84.7 cm³/mol. The number of carboxylic acids is 2. The Balaban J connectivity index is 0.000000284. The minimum absolute atomic E-state index is 0.244. The number of β-amino-alcohol motifs (C(OH)–C–C–N with tert-alkyl or cyclic N) is 1. The predicted octanol–water partition coefficient (Wildman–Crippen LogP) is 0.150. The molecule has 1 aromatic rings. The molecule has 23 heavy (non-hydrogen) atoms. The summed E-state index contributed by atoms with van der Waals surface area (Å²) in [6.45, 7) is 3.14. The molecule has 0 saturated carbocycles. The number of nitrogens with zero attached hydrogens (tertiary/aromatic N) is 1. The van der Waals surface area contributed by atoms with Crippen molar-refractivity contribution in [1.29, 1.82) is 0 Å². The summed E-state index contributed by atoms with van der Waals surface area (Å²) < 4.78 is 0. The van der Waals surface area contributed by atoms with Crippen molar-refractivity contribution in [2.24, 2.45) is 11.7 Å². The maximum absolute atomic E-state index is 9.72. The zero-order valence-electron chi connectivity index (χ0n) is 12.7. The highest BCUT2D eigenvalue weighted by atomic mass is 16.4. The Hall–Kier alpha value is -2.22. The molecular weight excluding hydrogens is 300 g/mol. The molecule has 7 nitrogen and oxygen atoms in total. The molecule has 0 bridgehead atoms. The summed E-state index contributed by atoms with van der Waals surface area (Å²) in [5.41, 5.74) is 6.89. The van der Waals surface area contributed by atoms with Crippen LogP contribution in [0.25, 0.3) is 0 Å². The number of aliphatic hydroxyl groups excluding tert-OH is 1. The zero-order chi connectivity index (χ0) is 17.2. The summed E-state index contributed by atoms with van der Waals surface area (Å²) >= 11 is 0. The average molecular weight is 322 g/mol. The summed E-state index contributed by atoms with van der Waals surface area (Å²) in [7, 11) is 0. The zero-order valence-corrected chi connectivity index (χ0v) is 12.7. The molecule has 1 aliphatic rings. The highest BCUT2D eigenvalue weighted by Crippen LogP contribution is 2.18. The fourth-order valence-corrected chi connectivity index (χ4v) is 2.29. The smallest absolute Gasteiger partial charge is 0.328 e. The van der Waals surface area contributed by atoms with Crippen molar-refractivity contribution < 1.29 is 24.9 Å². The topological polar surface area (TPSA) is 124 Å². The Labute approximate surface area is 134 Å². The minimum atomic E-state index is -1.26. The summed E-state index contributed by atoms with van der Waals surface area (Å²) in [4.78, 5) is 21.4. The van der Waals surface area contributed by atoms with Crippen LogP contribution in [0.15, 0.2) is 42.5 Å². The molecule has 0 aliphatic carbocycles. The first kappa shape index (κ1) is 18.8. The van der Waals surface area contributed by atoms with Crippen LogP contribution in [-0.2, 0) is 16.1 Å². The number of rotatable bonds is 5. The van der Waals surface area contributed by atoms with E-state index >= 15 is 0 Å². The Morgan fingerprint density at radius 2 is 1.70 bits per heavy atom. The third-order valence-electron chi connectivity index (χ3n) is 3.40. The summed E-state index contributed by atoms with van der Waals surface area (Å²) in [5.74, 6) is -2.27. The van der Waals surface area contributed by atoms with E-state index < -0.39 is 11.9 Å². The number of hydrogen-bond acceptors (Lipinski definition) is 5. The van der Waals surface area contributed by atoms with Gasteiger partial charge in [0.25, 0.3) is 0 Å². The highest BCUT2D eigenvalue weighted by molar-refractivity contribution is 5.89. The molecule has 1 saturated heterocycles. The van der Waals surface area contributed by atoms with Gasteiger partial charge in [0.05, 0.1) is 6.10 Å². The molecule has 1 aliphatic heterocycles. The van der Waals surface area contributed by atoms with Crippen molar-refractivity contribution in [1.82, 2.24) is 4.90 Å². The lowest BCUT2D eigenvalue weighted by Crippen LogP contribution is -2.25. The molecule has 126 valence electrons. The molecule has 0 spiro atoms. The monoisotopic (exact) mass is 322 g/mol. The van der Waals surface area contributed by atoms with Crippen molar-refractivity contribution in [2.75, 3.05) is 19.6 Å². The van der Waals surface area contributed by atoms with Crippen LogP contribution in [0.1, 0.15) is 5.56 Å². The van der Waals surface area contributed by atoms with Gasteiger partial charge in [0.15, 0.2) is 0 Å². The van der Waals surface area contributed by atoms with Crippen molar-refractivity contribution in [3.8, 4) is 0 Å². The molecule has 2 unspecified atom stereocenters. The maximum Gasteiger partial charge on any atom is 0.328 e. The van der Waals surface area contributed by atoms with Crippen LogP contribution in [-0.4, -0.2) is 57.9 Å². The number of benzene rings is 1. The van der Waals surface area contributed by atoms with Gasteiger partial charge in [-0.15, -0.1) is 0 Å². The van der Waals surface area contributed by atoms with E-state index in [2.05, 4.69) is 17.0 Å². The van der Waals surface area contributed by atoms with Gasteiger partial charge in [0.2, 0.25) is 0 Å². The Bertz CT molecular complexity index is 517. The van der Waals surface area contributed by atoms with Gasteiger partial charge >= 0.3 is 11.9 Å². The van der Waals surface area contributed by atoms with Crippen molar-refractivity contribution in [3.05, 3.63) is 48.0 Å². The second-order valence-electron chi connectivity index (χ2n) is 5.25. The molecule has 2 atom stereocenters. The van der Waals surface area contributed by atoms with Gasteiger partial charge in [0, 0.05) is 37.7 Å². The largest absolute Gasteiger partial charge is 0.478 e. The molecular formula is C16H22N2O5. The molecule has 7 heteroatoms. The fourth-order valence-electron chi connectivity index (χ4n) is 2.29. The summed E-state index contributed by atoms with van der Waals surface area (Å²) in [6.07, 6.45) is 0.865. The van der Waals surface area contributed by atoms with Crippen LogP contribution in [0.5, 0.6) is 0 Å². The first-order valence-electron chi connectivity index (χ1n) is 7.20. The van der Waals surface area contributed by atoms with Crippen LogP contribution < -0.4 is 5.73 Å². The third kappa shape index (κ3) is 7.55. The van der Waals surface area contributed by atoms with Gasteiger partial charge in [0.1, 0.15) is 0 Å². The first-order chi connectivity index (χ1) is 10.9. The van der Waals surface area contributed by atoms with Gasteiger partial charge in [-0.2, -0.15) is 0 Å². The van der Waals surface area contributed by atoms with E-state index in [9.17, 15) is 14.7 Å². The second kappa shape index (κ2) is 9.73. The van der Waals surface area contributed by atoms with Gasteiger partial charge in [-0.3, -0.25) is 4.90 Å². The number of hydrogen-bond donors (Lipinski definition) is 4. The van der Waals surface area contributed by atoms with Gasteiger partial charge in [-0.1, -0.05) is 30.3 Å². The van der Waals surface area contributed by atoms with Gasteiger partial charge < -0.3 is 21.1 Å². The molecule has 1 aromatic carbocycles. The van der Waals surface area contributed by atoms with Gasteiger partial charge in [-0.25, -0.2) is 9.59 Å². The molecule has 0 amide bonds. The minimum Gasteiger partial charge on any atom is -0.478 e. The Morgan fingerprint density at radius 1 is 1.13 bits per heavy atom. The lowest BCUT2D eigenvalue weighted by molar-refractivity contribution is -0.134. The van der Waals surface area contributed by atoms with E-state index in [4.69, 9.17) is 15.9 Å². The Kier molecular flexibility index (Phi) is 7.96. The lowest BCUT2D eigenvalue weighted by Gasteiger charge is -2.14. The number of carboxylic acid groups (broad SMARTS) is 2. The van der Waals surface area contributed by atoms with Crippen LogP contribution in [0.4, 0.5) is 0 Å². The van der Waals surface area contributed by atoms with Crippen molar-refractivity contribution in [3.63, 3.8) is 0 Å². The fraction of sp³-hybridized carbons (Fsp3) is 0.375. The highest BCUT2D eigenvalue weighted by Gasteiger charge is 2.29. The quantitative estimate of drug-likeness (QED) is 0.569. The van der Waals surface area contributed by atoms with Crippen molar-refractivity contribution >= 4 is 11.9 Å². The van der Waals surface area contributed by atoms with E-state index in [0.29, 0.717) is 18.7 Å². The van der Waals surface area contributed by atoms with E-state index in [1.165, 1.54) is 5.56 Å². The summed E-state index contributed by atoms with van der Waals surface area (Å²) in [5, 5.41) is 25.3. The van der Waals surface area contributed by atoms with E-state index in [1.807, 2.05) is 18.2 Å². The number of aliphatic hydroxyl groups is 1. The Morgan fingerprint density at radius 3 is 2.13 bits per heavy atom. The summed E-state index contributed by atoms with van der Waals surface area (Å²) in [6, 6.07) is 10.3. The van der Waals surface area contributed by atoms with Crippen LogP contribution in [0, 0.1) is 5.92 Å². The molecule has 0 radical (unpaired) electrons. The normalized spacial score (nSPS) is 21.0. The maximum atomic E-state index is 9.72. The molecule has 1 fully saturated rings. The lowest BCUT2D eigenvalue weighted by atomic mass is 10.1. The first-order valence-corrected chi connectivity index (χ1v) is 7.20. The number of likely N-dealkylation sites (tertiary alicyclic amines) is 1. The molecule has 0 aromatic heterocycles. The number of nitrogens with two attached hydrogens (primary N) is 1. The standard InChI is InChI=1S/C12H18N2O.C4H4O4/c13-6-11-8-14(9-12(11)15)7-10-4-2-1-3-5-10;5-3(6)1-2-4(7)8/h1-5,11-12,15H,6-9,13H2;1-2H,(H,5,6)(H,7,8). The second-order valence-corrected chi connectivity index (χ2v) is 5.25. The van der Waals surface area contributed by atoms with Crippen molar-refractivity contribution in [2.45, 2.75) is 12.6 Å². The van der Waals surface area contributed by atoms with E-state index in [-0.39, 0.29) is 12.0 Å². The van der Waals surface area contributed by atoms with E-state index in [0.717, 1.165) is 19.6 Å². The van der Waals surface area contributed by atoms with Gasteiger partial charge in [-0.05, 0) is 12.1 Å². The van der Waals surface area contributed by atoms with Crippen LogP contribution in [0.3, 0.4) is 0 Å². The number of carbonyl (C=O) groups is 2. The van der Waals surface area contributed by atoms with Crippen LogP contribution in [0.2, 0.25) is 0 Å².